The number of piperazine rings is 1. The van der Waals surface area contributed by atoms with E-state index < -0.39 is 0 Å². The van der Waals surface area contributed by atoms with Gasteiger partial charge in [-0.15, -0.1) is 10.2 Å². The fraction of sp³-hybridized carbons (Fsp3) is 0.261. The molecule has 1 aromatic heterocycles. The summed E-state index contributed by atoms with van der Waals surface area (Å²) in [5.74, 6) is 2.05. The summed E-state index contributed by atoms with van der Waals surface area (Å²) in [5, 5.41) is 11.7. The Hall–Kier alpha value is -3.81. The smallest absolute Gasteiger partial charge is 0.322 e. The van der Waals surface area contributed by atoms with Crippen LogP contribution in [0.25, 0.3) is 11.3 Å². The third-order valence-corrected chi connectivity index (χ3v) is 5.26. The number of methoxy groups -OCH3 is 2. The fourth-order valence-electron chi connectivity index (χ4n) is 3.50. The van der Waals surface area contributed by atoms with E-state index in [0.717, 1.165) is 17.1 Å². The molecule has 1 N–H and O–H groups in total. The zero-order valence-electron chi connectivity index (χ0n) is 17.6. The van der Waals surface area contributed by atoms with E-state index in [2.05, 4.69) is 20.4 Å². The van der Waals surface area contributed by atoms with Crippen molar-refractivity contribution in [1.29, 1.82) is 0 Å². The lowest BCUT2D eigenvalue weighted by Crippen LogP contribution is -2.50. The van der Waals surface area contributed by atoms with Crippen LogP contribution in [-0.4, -0.2) is 61.5 Å². The fourth-order valence-corrected chi connectivity index (χ4v) is 3.50. The first-order chi connectivity index (χ1) is 15.2. The third-order valence-electron chi connectivity index (χ3n) is 5.26. The molecule has 3 aromatic rings. The molecule has 0 atom stereocenters. The van der Waals surface area contributed by atoms with E-state index in [1.807, 2.05) is 42.5 Å². The molecule has 1 aliphatic heterocycles. The highest BCUT2D eigenvalue weighted by Crippen LogP contribution is 2.29. The van der Waals surface area contributed by atoms with Crippen LogP contribution in [0, 0.1) is 0 Å². The Labute approximate surface area is 181 Å². The molecule has 8 nitrogen and oxygen atoms in total. The molecule has 160 valence electrons. The van der Waals surface area contributed by atoms with Crippen molar-refractivity contribution in [3.8, 4) is 22.8 Å². The zero-order valence-corrected chi connectivity index (χ0v) is 17.6. The van der Waals surface area contributed by atoms with Gasteiger partial charge in [-0.3, -0.25) is 0 Å². The highest BCUT2D eigenvalue weighted by molar-refractivity contribution is 5.91. The van der Waals surface area contributed by atoms with Crippen molar-refractivity contribution in [2.75, 3.05) is 50.6 Å². The summed E-state index contributed by atoms with van der Waals surface area (Å²) in [4.78, 5) is 16.7. The maximum Gasteiger partial charge on any atom is 0.322 e. The highest BCUT2D eigenvalue weighted by atomic mass is 16.5. The number of nitrogens with zero attached hydrogens (tertiary/aromatic N) is 4. The van der Waals surface area contributed by atoms with Gasteiger partial charge in [0.1, 0.15) is 11.5 Å². The van der Waals surface area contributed by atoms with Gasteiger partial charge in [0.15, 0.2) is 5.82 Å². The maximum absolute atomic E-state index is 12.8. The van der Waals surface area contributed by atoms with Crippen LogP contribution in [0.1, 0.15) is 0 Å². The van der Waals surface area contributed by atoms with E-state index in [1.165, 1.54) is 0 Å². The lowest BCUT2D eigenvalue weighted by Gasteiger charge is -2.35. The molecule has 1 aliphatic rings. The van der Waals surface area contributed by atoms with Crippen molar-refractivity contribution in [2.45, 2.75) is 0 Å². The van der Waals surface area contributed by atoms with Crippen LogP contribution in [0.4, 0.5) is 16.3 Å². The maximum atomic E-state index is 12.8. The molecular formula is C23H25N5O3. The molecule has 0 saturated carbocycles. The Morgan fingerprint density at radius 1 is 0.903 bits per heavy atom. The number of rotatable bonds is 5. The summed E-state index contributed by atoms with van der Waals surface area (Å²) in [6.45, 7) is 2.53. The average Bonchev–Trinajstić information content (AvgIpc) is 2.84. The van der Waals surface area contributed by atoms with Crippen molar-refractivity contribution >= 4 is 17.5 Å². The summed E-state index contributed by atoms with van der Waals surface area (Å²) in [5.41, 5.74) is 2.46. The number of nitrogens with one attached hydrogen (secondary N) is 1. The van der Waals surface area contributed by atoms with Gasteiger partial charge in [0, 0.05) is 37.8 Å². The van der Waals surface area contributed by atoms with Gasteiger partial charge in [-0.05, 0) is 24.3 Å². The number of ether oxygens (including phenoxy) is 2. The molecule has 8 heteroatoms. The van der Waals surface area contributed by atoms with Gasteiger partial charge in [0.25, 0.3) is 0 Å². The first kappa shape index (κ1) is 20.5. The molecule has 2 amide bonds. The van der Waals surface area contributed by atoms with E-state index in [0.29, 0.717) is 43.4 Å². The second kappa shape index (κ2) is 9.34. The van der Waals surface area contributed by atoms with E-state index in [1.54, 1.807) is 37.3 Å². The lowest BCUT2D eigenvalue weighted by molar-refractivity contribution is 0.208. The van der Waals surface area contributed by atoms with E-state index in [-0.39, 0.29) is 6.03 Å². The lowest BCUT2D eigenvalue weighted by atomic mass is 10.1. The molecule has 0 aliphatic carbocycles. The molecule has 1 saturated heterocycles. The van der Waals surface area contributed by atoms with Crippen LogP contribution in [0.15, 0.2) is 60.7 Å². The van der Waals surface area contributed by atoms with Crippen LogP contribution < -0.4 is 19.7 Å². The van der Waals surface area contributed by atoms with Crippen molar-refractivity contribution in [3.63, 3.8) is 0 Å². The van der Waals surface area contributed by atoms with E-state index in [9.17, 15) is 4.79 Å². The molecule has 4 rings (SSSR count). The van der Waals surface area contributed by atoms with Gasteiger partial charge in [-0.2, -0.15) is 0 Å². The largest absolute Gasteiger partial charge is 0.497 e. The summed E-state index contributed by atoms with van der Waals surface area (Å²) >= 11 is 0. The summed E-state index contributed by atoms with van der Waals surface area (Å²) in [6, 6.07) is 19.1. The number of carbonyl (C=O) groups excluding carboxylic acids is 1. The summed E-state index contributed by atoms with van der Waals surface area (Å²) < 4.78 is 10.6. The van der Waals surface area contributed by atoms with Gasteiger partial charge in [0.2, 0.25) is 0 Å². The number of anilines is 2. The van der Waals surface area contributed by atoms with Gasteiger partial charge in [-0.25, -0.2) is 4.79 Å². The van der Waals surface area contributed by atoms with Gasteiger partial charge < -0.3 is 24.6 Å². The van der Waals surface area contributed by atoms with E-state index in [4.69, 9.17) is 9.47 Å². The normalized spacial score (nSPS) is 13.6. The SMILES string of the molecule is COc1ccc(OC)c(NC(=O)N2CCN(c3ccc(-c4ccccc4)nn3)CC2)c1. The minimum Gasteiger partial charge on any atom is -0.497 e. The Kier molecular flexibility index (Phi) is 6.16. The molecule has 0 radical (unpaired) electrons. The Morgan fingerprint density at radius 2 is 1.68 bits per heavy atom. The Balaban J connectivity index is 1.36. The standard InChI is InChI=1S/C23H25N5O3/c1-30-18-8-10-21(31-2)20(16-18)24-23(29)28-14-12-27(13-15-28)22-11-9-19(25-26-22)17-6-4-3-5-7-17/h3-11,16H,12-15H2,1-2H3,(H,24,29). The first-order valence-corrected chi connectivity index (χ1v) is 10.1. The second-order valence-corrected chi connectivity index (χ2v) is 7.11. The van der Waals surface area contributed by atoms with Crippen molar-refractivity contribution < 1.29 is 14.3 Å². The number of benzene rings is 2. The number of aromatic nitrogens is 2. The minimum absolute atomic E-state index is 0.170. The topological polar surface area (TPSA) is 79.8 Å². The van der Waals surface area contributed by atoms with Crippen LogP contribution in [0.5, 0.6) is 11.5 Å². The first-order valence-electron chi connectivity index (χ1n) is 10.1. The highest BCUT2D eigenvalue weighted by Gasteiger charge is 2.23. The third kappa shape index (κ3) is 4.69. The van der Waals surface area contributed by atoms with Crippen LogP contribution in [-0.2, 0) is 0 Å². The van der Waals surface area contributed by atoms with E-state index >= 15 is 0 Å². The Morgan fingerprint density at radius 3 is 2.32 bits per heavy atom. The summed E-state index contributed by atoms with van der Waals surface area (Å²) in [6.07, 6.45) is 0. The molecule has 0 bridgehead atoms. The molecule has 0 spiro atoms. The number of amides is 2. The average molecular weight is 419 g/mol. The molecule has 0 unspecified atom stereocenters. The van der Waals surface area contributed by atoms with Crippen LogP contribution in [0.2, 0.25) is 0 Å². The van der Waals surface area contributed by atoms with Crippen LogP contribution in [0.3, 0.4) is 0 Å². The zero-order chi connectivity index (χ0) is 21.6. The second-order valence-electron chi connectivity index (χ2n) is 7.11. The number of hydrogen-bond donors (Lipinski definition) is 1. The molecule has 2 aromatic carbocycles. The molecule has 2 heterocycles. The number of carbonyl (C=O) groups is 1. The van der Waals surface area contributed by atoms with Gasteiger partial charge in [-0.1, -0.05) is 30.3 Å². The Bertz CT molecular complexity index is 1020. The van der Waals surface area contributed by atoms with Gasteiger partial charge >= 0.3 is 6.03 Å². The minimum atomic E-state index is -0.170. The van der Waals surface area contributed by atoms with Crippen molar-refractivity contribution in [3.05, 3.63) is 60.7 Å². The molecule has 31 heavy (non-hydrogen) atoms. The number of urea groups is 1. The quantitative estimate of drug-likeness (QED) is 0.682. The predicted molar refractivity (Wildman–Crippen MR) is 120 cm³/mol. The molecule has 1 fully saturated rings. The van der Waals surface area contributed by atoms with Crippen molar-refractivity contribution in [2.24, 2.45) is 0 Å². The van der Waals surface area contributed by atoms with Gasteiger partial charge in [0.05, 0.1) is 25.6 Å². The predicted octanol–water partition coefficient (Wildman–Crippen LogP) is 3.51. The van der Waals surface area contributed by atoms with Crippen molar-refractivity contribution in [1.82, 2.24) is 15.1 Å². The number of hydrogen-bond acceptors (Lipinski definition) is 6. The summed E-state index contributed by atoms with van der Waals surface area (Å²) in [7, 11) is 3.16. The van der Waals surface area contributed by atoms with Crippen LogP contribution >= 0.6 is 0 Å². The monoisotopic (exact) mass is 419 g/mol. The molecular weight excluding hydrogens is 394 g/mol.